The van der Waals surface area contributed by atoms with Crippen molar-refractivity contribution in [1.29, 1.82) is 0 Å². The first-order valence-corrected chi connectivity index (χ1v) is 7.80. The van der Waals surface area contributed by atoms with Crippen molar-refractivity contribution in [3.05, 3.63) is 35.6 Å². The molecule has 2 amide bonds. The van der Waals surface area contributed by atoms with Gasteiger partial charge in [0.05, 0.1) is 6.42 Å². The summed E-state index contributed by atoms with van der Waals surface area (Å²) in [6.45, 7) is 3.93. The van der Waals surface area contributed by atoms with Gasteiger partial charge in [0, 0.05) is 26.6 Å². The largest absolute Gasteiger partial charge is 0.354 e. The van der Waals surface area contributed by atoms with E-state index in [1.807, 2.05) is 14.1 Å². The molecule has 23 heavy (non-hydrogen) atoms. The lowest BCUT2D eigenvalue weighted by molar-refractivity contribution is -0.129. The SMILES string of the molecule is CC(=O)N(CCCN(C)C)CCNC(=O)Cc1ccccc1F. The number of amides is 2. The van der Waals surface area contributed by atoms with E-state index in [2.05, 4.69) is 10.2 Å². The van der Waals surface area contributed by atoms with Crippen molar-refractivity contribution in [2.75, 3.05) is 40.3 Å². The van der Waals surface area contributed by atoms with Crippen LogP contribution in [0.15, 0.2) is 24.3 Å². The Morgan fingerprint density at radius 2 is 1.83 bits per heavy atom. The van der Waals surface area contributed by atoms with E-state index in [1.165, 1.54) is 13.0 Å². The van der Waals surface area contributed by atoms with E-state index >= 15 is 0 Å². The number of rotatable bonds is 9. The number of hydrogen-bond acceptors (Lipinski definition) is 3. The fraction of sp³-hybridized carbons (Fsp3) is 0.529. The van der Waals surface area contributed by atoms with Gasteiger partial charge in [-0.2, -0.15) is 0 Å². The Bertz CT molecular complexity index is 520. The van der Waals surface area contributed by atoms with Gasteiger partial charge in [-0.15, -0.1) is 0 Å². The van der Waals surface area contributed by atoms with Crippen LogP contribution in [0.1, 0.15) is 18.9 Å². The second kappa shape index (κ2) is 9.94. The summed E-state index contributed by atoms with van der Waals surface area (Å²) >= 11 is 0. The van der Waals surface area contributed by atoms with Gasteiger partial charge >= 0.3 is 0 Å². The van der Waals surface area contributed by atoms with E-state index in [0.717, 1.165) is 13.0 Å². The minimum atomic E-state index is -0.378. The molecule has 0 aliphatic heterocycles. The van der Waals surface area contributed by atoms with Gasteiger partial charge < -0.3 is 15.1 Å². The van der Waals surface area contributed by atoms with Gasteiger partial charge in [-0.1, -0.05) is 18.2 Å². The average Bonchev–Trinajstić information content (AvgIpc) is 2.47. The van der Waals surface area contributed by atoms with Gasteiger partial charge in [0.2, 0.25) is 11.8 Å². The highest BCUT2D eigenvalue weighted by molar-refractivity contribution is 5.78. The zero-order valence-electron chi connectivity index (χ0n) is 14.1. The van der Waals surface area contributed by atoms with E-state index in [1.54, 1.807) is 23.1 Å². The number of benzene rings is 1. The van der Waals surface area contributed by atoms with E-state index in [0.29, 0.717) is 25.2 Å². The lowest BCUT2D eigenvalue weighted by Crippen LogP contribution is -2.39. The van der Waals surface area contributed by atoms with Crippen LogP contribution in [0.2, 0.25) is 0 Å². The lowest BCUT2D eigenvalue weighted by Gasteiger charge is -2.22. The summed E-state index contributed by atoms with van der Waals surface area (Å²) < 4.78 is 13.5. The van der Waals surface area contributed by atoms with Crippen LogP contribution in [0.4, 0.5) is 4.39 Å². The minimum absolute atomic E-state index is 0.00731. The average molecular weight is 323 g/mol. The molecular formula is C17H26FN3O2. The molecule has 128 valence electrons. The van der Waals surface area contributed by atoms with Crippen LogP contribution >= 0.6 is 0 Å². The molecular weight excluding hydrogens is 297 g/mol. The maximum Gasteiger partial charge on any atom is 0.224 e. The Morgan fingerprint density at radius 3 is 2.43 bits per heavy atom. The summed E-state index contributed by atoms with van der Waals surface area (Å²) in [6.07, 6.45) is 0.892. The van der Waals surface area contributed by atoms with Crippen molar-refractivity contribution in [3.63, 3.8) is 0 Å². The van der Waals surface area contributed by atoms with Crippen molar-refractivity contribution in [2.45, 2.75) is 19.8 Å². The van der Waals surface area contributed by atoms with Gasteiger partial charge in [-0.3, -0.25) is 9.59 Å². The smallest absolute Gasteiger partial charge is 0.224 e. The molecule has 1 N–H and O–H groups in total. The predicted octanol–water partition coefficient (Wildman–Crippen LogP) is 1.28. The third-order valence-corrected chi connectivity index (χ3v) is 3.49. The highest BCUT2D eigenvalue weighted by atomic mass is 19.1. The maximum absolute atomic E-state index is 13.5. The fourth-order valence-electron chi connectivity index (χ4n) is 2.21. The molecule has 0 aliphatic rings. The summed E-state index contributed by atoms with van der Waals surface area (Å²) in [5.74, 6) is -0.629. The van der Waals surface area contributed by atoms with E-state index in [9.17, 15) is 14.0 Å². The third-order valence-electron chi connectivity index (χ3n) is 3.49. The van der Waals surface area contributed by atoms with Crippen molar-refractivity contribution in [1.82, 2.24) is 15.1 Å². The molecule has 1 aromatic rings. The third kappa shape index (κ3) is 7.74. The molecule has 0 radical (unpaired) electrons. The topological polar surface area (TPSA) is 52.7 Å². The summed E-state index contributed by atoms with van der Waals surface area (Å²) in [7, 11) is 3.97. The molecule has 0 bridgehead atoms. The van der Waals surface area contributed by atoms with Gasteiger partial charge in [-0.05, 0) is 38.7 Å². The second-order valence-corrected chi connectivity index (χ2v) is 5.78. The Labute approximate surface area is 137 Å². The molecule has 6 heteroatoms. The maximum atomic E-state index is 13.5. The summed E-state index contributed by atoms with van der Waals surface area (Å²) in [4.78, 5) is 27.2. The number of nitrogens with zero attached hydrogens (tertiary/aromatic N) is 2. The highest BCUT2D eigenvalue weighted by Crippen LogP contribution is 2.06. The number of halogens is 1. The quantitative estimate of drug-likeness (QED) is 0.745. The van der Waals surface area contributed by atoms with Crippen LogP contribution in [-0.4, -0.2) is 61.9 Å². The molecule has 0 atom stereocenters. The first kappa shape index (κ1) is 19.1. The first-order chi connectivity index (χ1) is 10.9. The van der Waals surface area contributed by atoms with Gasteiger partial charge in [-0.25, -0.2) is 4.39 Å². The standard InChI is InChI=1S/C17H26FN3O2/c1-14(22)21(11-6-10-20(2)3)12-9-19-17(23)13-15-7-4-5-8-16(15)18/h4-5,7-8H,6,9-13H2,1-3H3,(H,19,23). The molecule has 1 aromatic carbocycles. The van der Waals surface area contributed by atoms with E-state index in [-0.39, 0.29) is 24.1 Å². The van der Waals surface area contributed by atoms with Gasteiger partial charge in [0.15, 0.2) is 0 Å². The summed E-state index contributed by atoms with van der Waals surface area (Å²) in [5, 5.41) is 2.73. The van der Waals surface area contributed by atoms with Crippen molar-refractivity contribution < 1.29 is 14.0 Å². The molecule has 0 fully saturated rings. The summed E-state index contributed by atoms with van der Waals surface area (Å²) in [5.41, 5.74) is 0.374. The monoisotopic (exact) mass is 323 g/mol. The summed E-state index contributed by atoms with van der Waals surface area (Å²) in [6, 6.07) is 6.23. The Hall–Kier alpha value is -1.95. The number of carbonyl (C=O) groups excluding carboxylic acids is 2. The normalized spacial score (nSPS) is 10.7. The van der Waals surface area contributed by atoms with Crippen molar-refractivity contribution in [2.24, 2.45) is 0 Å². The fourth-order valence-corrected chi connectivity index (χ4v) is 2.21. The Morgan fingerprint density at radius 1 is 1.13 bits per heavy atom. The van der Waals surface area contributed by atoms with E-state index < -0.39 is 0 Å². The van der Waals surface area contributed by atoms with Crippen molar-refractivity contribution in [3.8, 4) is 0 Å². The molecule has 0 spiro atoms. The highest BCUT2D eigenvalue weighted by Gasteiger charge is 2.10. The first-order valence-electron chi connectivity index (χ1n) is 7.80. The van der Waals surface area contributed by atoms with Gasteiger partial charge in [0.25, 0.3) is 0 Å². The molecule has 0 heterocycles. The van der Waals surface area contributed by atoms with Crippen LogP contribution in [0.25, 0.3) is 0 Å². The molecule has 0 saturated heterocycles. The van der Waals surface area contributed by atoms with Crippen LogP contribution in [0.3, 0.4) is 0 Å². The predicted molar refractivity (Wildman–Crippen MR) is 88.5 cm³/mol. The van der Waals surface area contributed by atoms with Crippen molar-refractivity contribution >= 4 is 11.8 Å². The van der Waals surface area contributed by atoms with Crippen LogP contribution in [-0.2, 0) is 16.0 Å². The number of hydrogen-bond donors (Lipinski definition) is 1. The molecule has 5 nitrogen and oxygen atoms in total. The Balaban J connectivity index is 2.33. The molecule has 0 saturated carbocycles. The molecule has 1 rings (SSSR count). The van der Waals surface area contributed by atoms with E-state index in [4.69, 9.17) is 0 Å². The van der Waals surface area contributed by atoms with Crippen LogP contribution in [0.5, 0.6) is 0 Å². The van der Waals surface area contributed by atoms with Gasteiger partial charge in [0.1, 0.15) is 5.82 Å². The number of carbonyl (C=O) groups is 2. The zero-order chi connectivity index (χ0) is 17.2. The Kier molecular flexibility index (Phi) is 8.26. The lowest BCUT2D eigenvalue weighted by atomic mass is 10.1. The molecule has 0 unspecified atom stereocenters. The van der Waals surface area contributed by atoms with Crippen LogP contribution in [0, 0.1) is 5.82 Å². The zero-order valence-corrected chi connectivity index (χ0v) is 14.1. The minimum Gasteiger partial charge on any atom is -0.354 e. The second-order valence-electron chi connectivity index (χ2n) is 5.78. The number of nitrogens with one attached hydrogen (secondary N) is 1. The molecule has 0 aromatic heterocycles. The molecule has 0 aliphatic carbocycles. The van der Waals surface area contributed by atoms with Crippen LogP contribution < -0.4 is 5.32 Å².